The molecule has 0 bridgehead atoms. The van der Waals surface area contributed by atoms with Crippen molar-refractivity contribution in [3.05, 3.63) is 63.0 Å². The van der Waals surface area contributed by atoms with E-state index in [0.29, 0.717) is 79.1 Å². The monoisotopic (exact) mass is 655 g/mol. The summed E-state index contributed by atoms with van der Waals surface area (Å²) in [5.74, 6) is -1.41. The summed E-state index contributed by atoms with van der Waals surface area (Å²) in [5.41, 5.74) is 0.973. The van der Waals surface area contributed by atoms with Crippen LogP contribution in [0.15, 0.2) is 46.0 Å². The highest BCUT2D eigenvalue weighted by Gasteiger charge is 2.45. The highest BCUT2D eigenvalue weighted by Crippen LogP contribution is 2.36. The average molecular weight is 656 g/mol. The van der Waals surface area contributed by atoms with Crippen molar-refractivity contribution < 1.29 is 28.6 Å². The van der Waals surface area contributed by atoms with Gasteiger partial charge in [0.15, 0.2) is 10.8 Å². The minimum absolute atomic E-state index is 0.0701. The highest BCUT2D eigenvalue weighted by molar-refractivity contribution is 7.11. The number of amidine groups is 1. The average Bonchev–Trinajstić information content (AvgIpc) is 3.65. The van der Waals surface area contributed by atoms with Crippen LogP contribution in [0, 0.1) is 18.2 Å². The van der Waals surface area contributed by atoms with Crippen LogP contribution in [0.3, 0.4) is 0 Å². The molecular formula is C32H42FN7O5S. The molecule has 248 valence electrons. The molecule has 3 N–H and O–H groups in total. The van der Waals surface area contributed by atoms with E-state index in [2.05, 4.69) is 30.3 Å². The summed E-state index contributed by atoms with van der Waals surface area (Å²) in [6, 6.07) is 4.07. The van der Waals surface area contributed by atoms with Gasteiger partial charge in [0.05, 0.1) is 23.8 Å². The van der Waals surface area contributed by atoms with E-state index >= 15 is 0 Å². The Balaban J connectivity index is 1.45. The maximum Gasteiger partial charge on any atom is 0.338 e. The van der Waals surface area contributed by atoms with E-state index in [1.807, 2.05) is 5.38 Å². The molecule has 2 fully saturated rings. The first-order chi connectivity index (χ1) is 21.9. The lowest BCUT2D eigenvalue weighted by atomic mass is 9.92. The number of fused-ring (bicyclic) bond motifs is 1. The molecule has 3 aliphatic heterocycles. The number of aliphatic imine (C=N–C) groups is 1. The van der Waals surface area contributed by atoms with Crippen molar-refractivity contribution in [1.82, 2.24) is 30.3 Å². The van der Waals surface area contributed by atoms with Crippen LogP contribution >= 0.6 is 11.3 Å². The quantitative estimate of drug-likeness (QED) is 0.309. The summed E-state index contributed by atoms with van der Waals surface area (Å²) in [6.45, 7) is 12.2. The number of rotatable bonds is 11. The predicted octanol–water partition coefficient (Wildman–Crippen LogP) is 2.37. The fourth-order valence-corrected chi connectivity index (χ4v) is 7.04. The zero-order valence-electron chi connectivity index (χ0n) is 26.9. The second-order valence-electron chi connectivity index (χ2n) is 12.6. The van der Waals surface area contributed by atoms with Crippen molar-refractivity contribution in [2.24, 2.45) is 10.4 Å². The first-order valence-electron chi connectivity index (χ1n) is 15.5. The molecule has 0 aliphatic carbocycles. The molecule has 46 heavy (non-hydrogen) atoms. The number of hydrogen-bond donors (Lipinski definition) is 3. The van der Waals surface area contributed by atoms with Gasteiger partial charge in [-0.3, -0.25) is 29.3 Å². The van der Waals surface area contributed by atoms with Crippen molar-refractivity contribution in [2.75, 3.05) is 52.4 Å². The minimum atomic E-state index is -0.968. The van der Waals surface area contributed by atoms with Gasteiger partial charge in [-0.25, -0.2) is 14.2 Å². The molecule has 3 aliphatic rings. The molecule has 2 aromatic rings. The van der Waals surface area contributed by atoms with Gasteiger partial charge < -0.3 is 20.5 Å². The van der Waals surface area contributed by atoms with E-state index in [1.54, 1.807) is 46.0 Å². The molecule has 0 spiro atoms. The zero-order chi connectivity index (χ0) is 33.2. The van der Waals surface area contributed by atoms with Crippen molar-refractivity contribution in [3.8, 4) is 0 Å². The minimum Gasteiger partial charge on any atom is -0.481 e. The summed E-state index contributed by atoms with van der Waals surface area (Å²) >= 11 is 1.41. The Kier molecular flexibility index (Phi) is 10.2. The number of thiazole rings is 1. The second kappa shape index (κ2) is 14.0. The van der Waals surface area contributed by atoms with E-state index in [1.165, 1.54) is 24.3 Å². The third kappa shape index (κ3) is 7.14. The number of carboxylic acids is 1. The van der Waals surface area contributed by atoms with Crippen molar-refractivity contribution >= 4 is 35.0 Å². The van der Waals surface area contributed by atoms with Crippen LogP contribution in [-0.2, 0) is 19.1 Å². The van der Waals surface area contributed by atoms with Crippen LogP contribution in [0.4, 0.5) is 4.39 Å². The molecule has 1 aromatic carbocycles. The molecule has 1 amide bonds. The van der Waals surface area contributed by atoms with Crippen molar-refractivity contribution in [3.63, 3.8) is 0 Å². The van der Waals surface area contributed by atoms with Gasteiger partial charge in [-0.2, -0.15) is 0 Å². The summed E-state index contributed by atoms with van der Waals surface area (Å²) in [4.78, 5) is 53.5. The normalized spacial score (nSPS) is 22.7. The molecule has 0 radical (unpaired) electrons. The second-order valence-corrected chi connectivity index (χ2v) is 13.5. The van der Waals surface area contributed by atoms with Gasteiger partial charge in [0, 0.05) is 76.1 Å². The maximum absolute atomic E-state index is 14.8. The van der Waals surface area contributed by atoms with E-state index in [4.69, 9.17) is 9.73 Å². The molecule has 3 atom stereocenters. The maximum atomic E-state index is 14.8. The number of aliphatic carboxylic acids is 1. The number of hydrogen-bond acceptors (Lipinski definition) is 11. The van der Waals surface area contributed by atoms with E-state index in [9.17, 15) is 23.9 Å². The van der Waals surface area contributed by atoms with E-state index < -0.39 is 23.4 Å². The molecule has 0 saturated carbocycles. The molecule has 12 nitrogen and oxygen atoms in total. The molecule has 2 saturated heterocycles. The first kappa shape index (κ1) is 33.6. The molecule has 4 heterocycles. The van der Waals surface area contributed by atoms with Crippen LogP contribution in [0.5, 0.6) is 0 Å². The molecule has 1 aromatic heterocycles. The Hall–Kier alpha value is -3.72. The number of nitrogens with zero attached hydrogens (tertiary/aromatic N) is 5. The predicted molar refractivity (Wildman–Crippen MR) is 172 cm³/mol. The number of piperazine rings is 1. The SMILES string of the molecule is CCOC(=O)C1=C(CN2CCN3C(C2)CN(CC(C)(C)C(=O)O)[C@@H]3CNC(C)=O)NC(c2nccs2)=N[C@H]1c1cccc(F)c1C. The number of esters is 1. The molecule has 1 unspecified atom stereocenters. The van der Waals surface area contributed by atoms with E-state index in [0.717, 1.165) is 0 Å². The van der Waals surface area contributed by atoms with Gasteiger partial charge in [0.2, 0.25) is 5.91 Å². The molecular weight excluding hydrogens is 613 g/mol. The Labute approximate surface area is 272 Å². The zero-order valence-corrected chi connectivity index (χ0v) is 27.7. The first-order valence-corrected chi connectivity index (χ1v) is 16.4. The molecule has 14 heteroatoms. The summed E-state index contributed by atoms with van der Waals surface area (Å²) in [6.07, 6.45) is 1.55. The lowest BCUT2D eigenvalue weighted by molar-refractivity contribution is -0.148. The Morgan fingerprint density at radius 1 is 1.24 bits per heavy atom. The largest absolute Gasteiger partial charge is 0.481 e. The van der Waals surface area contributed by atoms with Gasteiger partial charge in [0.1, 0.15) is 11.9 Å². The summed E-state index contributed by atoms with van der Waals surface area (Å²) in [5, 5.41) is 18.6. The number of carbonyl (C=O) groups excluding carboxylic acids is 2. The van der Waals surface area contributed by atoms with Crippen molar-refractivity contribution in [2.45, 2.75) is 52.9 Å². The number of carbonyl (C=O) groups is 3. The van der Waals surface area contributed by atoms with Gasteiger partial charge >= 0.3 is 11.9 Å². The number of halogens is 1. The Bertz CT molecular complexity index is 1530. The van der Waals surface area contributed by atoms with Gasteiger partial charge in [-0.15, -0.1) is 11.3 Å². The topological polar surface area (TPSA) is 140 Å². The summed E-state index contributed by atoms with van der Waals surface area (Å²) < 4.78 is 20.3. The fourth-order valence-electron chi connectivity index (χ4n) is 6.45. The third-order valence-corrected chi connectivity index (χ3v) is 9.59. The highest BCUT2D eigenvalue weighted by atomic mass is 32.1. The Morgan fingerprint density at radius 2 is 2.02 bits per heavy atom. The Morgan fingerprint density at radius 3 is 2.70 bits per heavy atom. The third-order valence-electron chi connectivity index (χ3n) is 8.82. The standard InChI is InChI=1S/C32H42FN7O5S/c1-6-45-30(42)26-24(36-28(29-34-10-13-46-29)37-27(26)22-8-7-9-23(33)19(22)2)17-38-11-12-40-21(15-38)16-39(18-32(4,5)31(43)44)25(40)14-35-20(3)41/h7-10,13,21,25,27H,6,11-12,14-18H2,1-5H3,(H,35,41)(H,36,37)(H,43,44)/t21?,25-,27-/m0/s1. The van der Waals surface area contributed by atoms with Crippen LogP contribution in [0.25, 0.3) is 0 Å². The van der Waals surface area contributed by atoms with Crippen LogP contribution in [-0.4, -0.2) is 113 Å². The van der Waals surface area contributed by atoms with Gasteiger partial charge in [-0.1, -0.05) is 12.1 Å². The lowest BCUT2D eigenvalue weighted by Gasteiger charge is -2.41. The number of amides is 1. The number of aromatic nitrogens is 1. The fraction of sp³-hybridized carbons (Fsp3) is 0.531. The molecule has 5 rings (SSSR count). The van der Waals surface area contributed by atoms with Crippen molar-refractivity contribution in [1.29, 1.82) is 0 Å². The number of ether oxygens (including phenoxy) is 1. The van der Waals surface area contributed by atoms with Crippen LogP contribution in [0.2, 0.25) is 0 Å². The van der Waals surface area contributed by atoms with Crippen LogP contribution in [0.1, 0.15) is 49.9 Å². The number of nitrogens with one attached hydrogen (secondary N) is 2. The summed E-state index contributed by atoms with van der Waals surface area (Å²) in [7, 11) is 0. The number of carboxylic acid groups (broad SMARTS) is 1. The lowest BCUT2D eigenvalue weighted by Crippen LogP contribution is -2.57. The van der Waals surface area contributed by atoms with E-state index in [-0.39, 0.29) is 30.5 Å². The van der Waals surface area contributed by atoms with Gasteiger partial charge in [0.25, 0.3) is 0 Å². The smallest absolute Gasteiger partial charge is 0.338 e. The van der Waals surface area contributed by atoms with Crippen LogP contribution < -0.4 is 10.6 Å². The number of benzene rings is 1. The van der Waals surface area contributed by atoms with Gasteiger partial charge in [-0.05, 0) is 44.9 Å².